The average molecular weight is 263 g/mol. The second kappa shape index (κ2) is 4.34. The number of amides is 1. The lowest BCUT2D eigenvalue weighted by molar-refractivity contribution is 0.119. The van der Waals surface area contributed by atoms with E-state index < -0.39 is 6.09 Å². The molecule has 0 unspecified atom stereocenters. The highest BCUT2D eigenvalue weighted by Crippen LogP contribution is 2.24. The summed E-state index contributed by atoms with van der Waals surface area (Å²) < 4.78 is 1.64. The lowest BCUT2D eigenvalue weighted by atomic mass is 10.1. The fraction of sp³-hybridized carbons (Fsp3) is 0.500. The van der Waals surface area contributed by atoms with Crippen LogP contribution in [0.5, 0.6) is 0 Å². The Morgan fingerprint density at radius 3 is 3.11 bits per heavy atom. The van der Waals surface area contributed by atoms with E-state index in [2.05, 4.69) is 20.3 Å². The predicted octanol–water partition coefficient (Wildman–Crippen LogP) is 0.118. The van der Waals surface area contributed by atoms with E-state index in [9.17, 15) is 4.79 Å². The normalized spacial score (nSPS) is 19.8. The minimum Gasteiger partial charge on any atom is -0.465 e. The minimum absolute atomic E-state index is 0.0656. The molecule has 0 bridgehead atoms. The fourth-order valence-electron chi connectivity index (χ4n) is 2.36. The molecule has 0 radical (unpaired) electrons. The summed E-state index contributed by atoms with van der Waals surface area (Å²) in [6.45, 7) is 0.938. The van der Waals surface area contributed by atoms with Gasteiger partial charge in [-0.25, -0.2) is 19.4 Å². The number of carboxylic acid groups (broad SMARTS) is 1. The van der Waals surface area contributed by atoms with Gasteiger partial charge in [0, 0.05) is 13.1 Å². The molecule has 0 aliphatic carbocycles. The zero-order valence-corrected chi connectivity index (χ0v) is 10.1. The highest BCUT2D eigenvalue weighted by Gasteiger charge is 2.27. The maximum absolute atomic E-state index is 11.0. The topological polar surface area (TPSA) is 123 Å². The van der Waals surface area contributed by atoms with Crippen LogP contribution in [-0.2, 0) is 0 Å². The number of hydrogen-bond donors (Lipinski definition) is 2. The standard InChI is InChI=1S/C10H13N7O2/c11-8-7-9(13-5-12-8)17(15-14-7)6-2-1-3-16(4-6)10(18)19/h5-6H,1-4H2,(H,18,19)(H2,11,12,13)/t6-/m1/s1. The summed E-state index contributed by atoms with van der Waals surface area (Å²) in [5, 5.41) is 17.0. The van der Waals surface area contributed by atoms with E-state index in [-0.39, 0.29) is 11.9 Å². The molecule has 9 heteroatoms. The first kappa shape index (κ1) is 11.6. The first-order chi connectivity index (χ1) is 9.16. The minimum atomic E-state index is -0.914. The van der Waals surface area contributed by atoms with Crippen molar-refractivity contribution in [2.75, 3.05) is 18.8 Å². The van der Waals surface area contributed by atoms with Gasteiger partial charge in [0.15, 0.2) is 17.0 Å². The van der Waals surface area contributed by atoms with Gasteiger partial charge in [-0.05, 0) is 12.8 Å². The summed E-state index contributed by atoms with van der Waals surface area (Å²) in [4.78, 5) is 20.4. The van der Waals surface area contributed by atoms with Crippen molar-refractivity contribution >= 4 is 23.1 Å². The summed E-state index contributed by atoms with van der Waals surface area (Å²) in [5.41, 5.74) is 6.70. The number of nitrogens with two attached hydrogens (primary N) is 1. The molecule has 0 aromatic carbocycles. The van der Waals surface area contributed by atoms with E-state index in [1.54, 1.807) is 4.68 Å². The molecule has 3 heterocycles. The molecule has 0 spiro atoms. The summed E-state index contributed by atoms with van der Waals surface area (Å²) in [6, 6.07) is -0.0656. The van der Waals surface area contributed by atoms with Crippen LogP contribution in [0.1, 0.15) is 18.9 Å². The van der Waals surface area contributed by atoms with Gasteiger partial charge >= 0.3 is 6.09 Å². The molecule has 100 valence electrons. The molecule has 1 amide bonds. The van der Waals surface area contributed by atoms with Crippen molar-refractivity contribution in [3.05, 3.63) is 6.33 Å². The summed E-state index contributed by atoms with van der Waals surface area (Å²) in [7, 11) is 0. The second-order valence-corrected chi connectivity index (χ2v) is 4.49. The van der Waals surface area contributed by atoms with Crippen LogP contribution >= 0.6 is 0 Å². The van der Waals surface area contributed by atoms with Crippen molar-refractivity contribution in [3.8, 4) is 0 Å². The predicted molar refractivity (Wildman–Crippen MR) is 65.4 cm³/mol. The molecule has 2 aromatic rings. The van der Waals surface area contributed by atoms with Gasteiger partial charge in [0.05, 0.1) is 6.04 Å². The monoisotopic (exact) mass is 263 g/mol. The highest BCUT2D eigenvalue weighted by molar-refractivity contribution is 5.80. The molecular weight excluding hydrogens is 250 g/mol. The van der Waals surface area contributed by atoms with Crippen molar-refractivity contribution in [1.82, 2.24) is 29.9 Å². The smallest absolute Gasteiger partial charge is 0.407 e. The molecule has 3 rings (SSSR count). The Morgan fingerprint density at radius 1 is 1.47 bits per heavy atom. The van der Waals surface area contributed by atoms with Crippen molar-refractivity contribution in [2.45, 2.75) is 18.9 Å². The van der Waals surface area contributed by atoms with E-state index in [1.165, 1.54) is 11.2 Å². The molecular formula is C10H13N7O2. The van der Waals surface area contributed by atoms with Gasteiger partial charge < -0.3 is 15.7 Å². The molecule has 1 aliphatic heterocycles. The lowest BCUT2D eigenvalue weighted by Gasteiger charge is -2.30. The summed E-state index contributed by atoms with van der Waals surface area (Å²) in [6.07, 6.45) is 2.07. The van der Waals surface area contributed by atoms with Gasteiger partial charge in [-0.1, -0.05) is 5.21 Å². The van der Waals surface area contributed by atoms with Crippen molar-refractivity contribution in [2.24, 2.45) is 0 Å². The van der Waals surface area contributed by atoms with Gasteiger partial charge in [0.25, 0.3) is 0 Å². The number of nitrogens with zero attached hydrogens (tertiary/aromatic N) is 6. The third-order valence-electron chi connectivity index (χ3n) is 3.30. The molecule has 9 nitrogen and oxygen atoms in total. The Morgan fingerprint density at radius 2 is 2.32 bits per heavy atom. The SMILES string of the molecule is Nc1ncnc2c1nnn2[C@@H]1CCCN(C(=O)O)C1. The summed E-state index contributed by atoms with van der Waals surface area (Å²) >= 11 is 0. The maximum atomic E-state index is 11.0. The first-order valence-corrected chi connectivity index (χ1v) is 5.96. The Kier molecular flexibility index (Phi) is 2.65. The van der Waals surface area contributed by atoms with Crippen LogP contribution in [0.2, 0.25) is 0 Å². The lowest BCUT2D eigenvalue weighted by Crippen LogP contribution is -2.40. The van der Waals surface area contributed by atoms with Crippen LogP contribution in [0, 0.1) is 0 Å². The van der Waals surface area contributed by atoms with Crippen LogP contribution in [0.25, 0.3) is 11.2 Å². The van der Waals surface area contributed by atoms with Gasteiger partial charge in [-0.15, -0.1) is 5.10 Å². The van der Waals surface area contributed by atoms with Gasteiger partial charge in [-0.2, -0.15) is 0 Å². The third-order valence-corrected chi connectivity index (χ3v) is 3.30. The van der Waals surface area contributed by atoms with Gasteiger partial charge in [0.1, 0.15) is 6.33 Å². The number of piperidine rings is 1. The second-order valence-electron chi connectivity index (χ2n) is 4.49. The zero-order chi connectivity index (χ0) is 13.4. The molecule has 0 saturated carbocycles. The Hall–Kier alpha value is -2.45. The largest absolute Gasteiger partial charge is 0.465 e. The zero-order valence-electron chi connectivity index (χ0n) is 10.1. The van der Waals surface area contributed by atoms with Crippen molar-refractivity contribution in [3.63, 3.8) is 0 Å². The molecule has 2 aromatic heterocycles. The molecule has 19 heavy (non-hydrogen) atoms. The van der Waals surface area contributed by atoms with Crippen molar-refractivity contribution in [1.29, 1.82) is 0 Å². The third kappa shape index (κ3) is 1.92. The number of carbonyl (C=O) groups is 1. The number of likely N-dealkylation sites (tertiary alicyclic amines) is 1. The van der Waals surface area contributed by atoms with E-state index in [4.69, 9.17) is 10.8 Å². The Balaban J connectivity index is 1.96. The molecule has 1 saturated heterocycles. The number of anilines is 1. The number of fused-ring (bicyclic) bond motifs is 1. The van der Waals surface area contributed by atoms with Crippen LogP contribution in [-0.4, -0.2) is 54.2 Å². The average Bonchev–Trinajstić information content (AvgIpc) is 2.84. The first-order valence-electron chi connectivity index (χ1n) is 5.96. The van der Waals surface area contributed by atoms with Crippen LogP contribution in [0.3, 0.4) is 0 Å². The van der Waals surface area contributed by atoms with E-state index in [1.807, 2.05) is 0 Å². The number of aromatic nitrogens is 5. The van der Waals surface area contributed by atoms with Crippen molar-refractivity contribution < 1.29 is 9.90 Å². The van der Waals surface area contributed by atoms with E-state index in [0.29, 0.717) is 24.3 Å². The Bertz CT molecular complexity index is 625. The number of nitrogen functional groups attached to an aromatic ring is 1. The molecule has 3 N–H and O–H groups in total. The summed E-state index contributed by atoms with van der Waals surface area (Å²) in [5.74, 6) is 0.280. The number of rotatable bonds is 1. The van der Waals surface area contributed by atoms with Gasteiger partial charge in [0.2, 0.25) is 0 Å². The van der Waals surface area contributed by atoms with Crippen LogP contribution in [0.4, 0.5) is 10.6 Å². The maximum Gasteiger partial charge on any atom is 0.407 e. The van der Waals surface area contributed by atoms with Crippen LogP contribution in [0.15, 0.2) is 6.33 Å². The molecule has 1 atom stereocenters. The highest BCUT2D eigenvalue weighted by atomic mass is 16.4. The fourth-order valence-corrected chi connectivity index (χ4v) is 2.36. The van der Waals surface area contributed by atoms with Crippen LogP contribution < -0.4 is 5.73 Å². The van der Waals surface area contributed by atoms with Gasteiger partial charge in [-0.3, -0.25) is 0 Å². The number of hydrogen-bond acceptors (Lipinski definition) is 6. The Labute approximate surface area is 108 Å². The van der Waals surface area contributed by atoms with E-state index >= 15 is 0 Å². The van der Waals surface area contributed by atoms with E-state index in [0.717, 1.165) is 12.8 Å². The quantitative estimate of drug-likeness (QED) is 0.748. The molecule has 1 fully saturated rings. The molecule has 1 aliphatic rings.